The molecule has 2 heterocycles. The van der Waals surface area contributed by atoms with E-state index in [4.69, 9.17) is 5.11 Å². The summed E-state index contributed by atoms with van der Waals surface area (Å²) in [4.78, 5) is 23.2. The van der Waals surface area contributed by atoms with E-state index in [1.165, 1.54) is 13.1 Å². The van der Waals surface area contributed by atoms with Crippen molar-refractivity contribution < 1.29 is 23.5 Å². The molecule has 2 aromatic heterocycles. The lowest BCUT2D eigenvalue weighted by Gasteiger charge is -2.04. The molecule has 0 aliphatic carbocycles. The van der Waals surface area contributed by atoms with Crippen LogP contribution in [0.25, 0.3) is 0 Å². The second-order valence-corrected chi connectivity index (χ2v) is 4.53. The number of carbonyl (C=O) groups is 2. The van der Waals surface area contributed by atoms with Crippen LogP contribution >= 0.6 is 0 Å². The van der Waals surface area contributed by atoms with Gasteiger partial charge in [0.15, 0.2) is 5.82 Å². The first-order valence-electron chi connectivity index (χ1n) is 6.19. The lowest BCUT2D eigenvalue weighted by atomic mass is 10.2. The van der Waals surface area contributed by atoms with Crippen molar-refractivity contribution in [2.45, 2.75) is 19.9 Å². The molecule has 2 rings (SSSR count). The van der Waals surface area contributed by atoms with E-state index in [1.54, 1.807) is 6.92 Å². The summed E-state index contributed by atoms with van der Waals surface area (Å²) in [5, 5.41) is 18.9. The van der Waals surface area contributed by atoms with E-state index < -0.39 is 24.8 Å². The van der Waals surface area contributed by atoms with Crippen molar-refractivity contribution in [3.63, 3.8) is 0 Å². The predicted octanol–water partition coefficient (Wildman–Crippen LogP) is 1.14. The number of alkyl halides is 2. The fourth-order valence-corrected chi connectivity index (χ4v) is 1.93. The van der Waals surface area contributed by atoms with Crippen LogP contribution in [0.15, 0.2) is 12.3 Å². The SMILES string of the molecule is Cc1cc(NC(=O)c2c(C(=O)O)cnn2C)nn1CC(F)F. The van der Waals surface area contributed by atoms with Crippen molar-refractivity contribution in [1.82, 2.24) is 19.6 Å². The van der Waals surface area contributed by atoms with Gasteiger partial charge in [0.2, 0.25) is 0 Å². The number of hydrogen-bond acceptors (Lipinski definition) is 4. The number of anilines is 1. The number of aryl methyl sites for hydroxylation is 2. The fourth-order valence-electron chi connectivity index (χ4n) is 1.93. The zero-order chi connectivity index (χ0) is 16.4. The van der Waals surface area contributed by atoms with Crippen LogP contribution in [0.3, 0.4) is 0 Å². The predicted molar refractivity (Wildman–Crippen MR) is 71.1 cm³/mol. The Hall–Kier alpha value is -2.78. The molecule has 0 unspecified atom stereocenters. The molecule has 22 heavy (non-hydrogen) atoms. The number of carboxylic acid groups (broad SMARTS) is 1. The number of nitrogens with one attached hydrogen (secondary N) is 1. The van der Waals surface area contributed by atoms with Crippen LogP contribution in [0.2, 0.25) is 0 Å². The Labute approximate surface area is 123 Å². The maximum absolute atomic E-state index is 12.4. The Morgan fingerprint density at radius 1 is 1.45 bits per heavy atom. The van der Waals surface area contributed by atoms with Crippen molar-refractivity contribution in [3.8, 4) is 0 Å². The van der Waals surface area contributed by atoms with E-state index in [0.29, 0.717) is 5.69 Å². The van der Waals surface area contributed by atoms with Gasteiger partial charge in [0.25, 0.3) is 12.3 Å². The zero-order valence-electron chi connectivity index (χ0n) is 11.7. The average Bonchev–Trinajstić information content (AvgIpc) is 2.93. The minimum absolute atomic E-state index is 0.0562. The second kappa shape index (κ2) is 5.92. The smallest absolute Gasteiger partial charge is 0.339 e. The molecule has 0 fully saturated rings. The van der Waals surface area contributed by atoms with Gasteiger partial charge in [-0.3, -0.25) is 14.2 Å². The Morgan fingerprint density at radius 3 is 2.73 bits per heavy atom. The lowest BCUT2D eigenvalue weighted by molar-refractivity contribution is 0.0692. The Kier molecular flexibility index (Phi) is 4.20. The number of carbonyl (C=O) groups excluding carboxylic acids is 1. The molecule has 0 saturated carbocycles. The van der Waals surface area contributed by atoms with Crippen LogP contribution in [0.4, 0.5) is 14.6 Å². The minimum atomic E-state index is -2.57. The number of aromatic nitrogens is 4. The average molecular weight is 313 g/mol. The van der Waals surface area contributed by atoms with Crippen LogP contribution < -0.4 is 5.32 Å². The van der Waals surface area contributed by atoms with E-state index in [9.17, 15) is 18.4 Å². The third kappa shape index (κ3) is 3.10. The first-order chi connectivity index (χ1) is 10.3. The summed E-state index contributed by atoms with van der Waals surface area (Å²) >= 11 is 0. The molecule has 0 radical (unpaired) electrons. The van der Waals surface area contributed by atoms with Gasteiger partial charge in [-0.1, -0.05) is 0 Å². The third-order valence-corrected chi connectivity index (χ3v) is 2.92. The number of carboxylic acids is 1. The fraction of sp³-hybridized carbons (Fsp3) is 0.333. The third-order valence-electron chi connectivity index (χ3n) is 2.92. The molecule has 118 valence electrons. The maximum atomic E-state index is 12.4. The van der Waals surface area contributed by atoms with Crippen molar-refractivity contribution in [1.29, 1.82) is 0 Å². The molecule has 0 aliphatic heterocycles. The Balaban J connectivity index is 2.23. The van der Waals surface area contributed by atoms with Crippen LogP contribution in [-0.4, -0.2) is 43.0 Å². The largest absolute Gasteiger partial charge is 0.478 e. The first-order valence-corrected chi connectivity index (χ1v) is 6.19. The molecule has 0 aliphatic rings. The minimum Gasteiger partial charge on any atom is -0.478 e. The van der Waals surface area contributed by atoms with Crippen molar-refractivity contribution in [2.24, 2.45) is 7.05 Å². The molecule has 0 saturated heterocycles. The van der Waals surface area contributed by atoms with Gasteiger partial charge < -0.3 is 10.4 Å². The van der Waals surface area contributed by atoms with Crippen molar-refractivity contribution in [3.05, 3.63) is 29.2 Å². The molecular formula is C12H13F2N5O3. The number of nitrogens with zero attached hydrogens (tertiary/aromatic N) is 4. The summed E-state index contributed by atoms with van der Waals surface area (Å²) in [5.41, 5.74) is 0.0244. The summed E-state index contributed by atoms with van der Waals surface area (Å²) in [5.74, 6) is -1.97. The van der Waals surface area contributed by atoms with Gasteiger partial charge in [-0.15, -0.1) is 0 Å². The standard InChI is InChI=1S/C12H13F2N5O3/c1-6-3-9(17-19(6)5-8(13)14)16-11(20)10-7(12(21)22)4-15-18(10)2/h3-4,8H,5H2,1-2H3,(H,21,22)(H,16,17,20). The monoisotopic (exact) mass is 313 g/mol. The highest BCUT2D eigenvalue weighted by atomic mass is 19.3. The molecule has 2 aromatic rings. The summed E-state index contributed by atoms with van der Waals surface area (Å²) in [7, 11) is 1.42. The second-order valence-electron chi connectivity index (χ2n) is 4.53. The molecule has 0 atom stereocenters. The summed E-state index contributed by atoms with van der Waals surface area (Å²) < 4.78 is 26.9. The Morgan fingerprint density at radius 2 is 2.14 bits per heavy atom. The molecule has 2 N–H and O–H groups in total. The quantitative estimate of drug-likeness (QED) is 0.862. The molecule has 0 aromatic carbocycles. The molecule has 0 spiro atoms. The highest BCUT2D eigenvalue weighted by Crippen LogP contribution is 2.14. The van der Waals surface area contributed by atoms with Gasteiger partial charge >= 0.3 is 5.97 Å². The number of rotatable bonds is 5. The van der Waals surface area contributed by atoms with Gasteiger partial charge in [-0.2, -0.15) is 10.2 Å². The van der Waals surface area contributed by atoms with E-state index in [2.05, 4.69) is 15.5 Å². The topological polar surface area (TPSA) is 102 Å². The number of hydrogen-bond donors (Lipinski definition) is 2. The maximum Gasteiger partial charge on any atom is 0.339 e. The van der Waals surface area contributed by atoms with Crippen molar-refractivity contribution in [2.75, 3.05) is 5.32 Å². The van der Waals surface area contributed by atoms with E-state index in [0.717, 1.165) is 15.6 Å². The normalized spacial score (nSPS) is 11.0. The molecule has 0 bridgehead atoms. The van der Waals surface area contributed by atoms with Gasteiger partial charge in [0.1, 0.15) is 17.8 Å². The first kappa shape index (κ1) is 15.6. The van der Waals surface area contributed by atoms with Crippen LogP contribution in [0, 0.1) is 6.92 Å². The Bertz CT molecular complexity index is 722. The van der Waals surface area contributed by atoms with Crippen LogP contribution in [0.1, 0.15) is 26.5 Å². The highest BCUT2D eigenvalue weighted by molar-refractivity contribution is 6.09. The van der Waals surface area contributed by atoms with E-state index in [-0.39, 0.29) is 17.1 Å². The van der Waals surface area contributed by atoms with Crippen LogP contribution in [0.5, 0.6) is 0 Å². The van der Waals surface area contributed by atoms with Gasteiger partial charge in [-0.05, 0) is 6.92 Å². The summed E-state index contributed by atoms with van der Waals surface area (Å²) in [6.07, 6.45) is -1.52. The van der Waals surface area contributed by atoms with Gasteiger partial charge in [0, 0.05) is 18.8 Å². The number of aromatic carboxylic acids is 1. The molecule has 8 nitrogen and oxygen atoms in total. The van der Waals surface area contributed by atoms with Gasteiger partial charge in [0.05, 0.1) is 6.20 Å². The molecule has 1 amide bonds. The van der Waals surface area contributed by atoms with Gasteiger partial charge in [-0.25, -0.2) is 13.6 Å². The summed E-state index contributed by atoms with van der Waals surface area (Å²) in [6, 6.07) is 1.41. The number of amides is 1. The van der Waals surface area contributed by atoms with E-state index in [1.807, 2.05) is 0 Å². The zero-order valence-corrected chi connectivity index (χ0v) is 11.7. The molecule has 10 heteroatoms. The highest BCUT2D eigenvalue weighted by Gasteiger charge is 2.22. The lowest BCUT2D eigenvalue weighted by Crippen LogP contribution is -2.20. The summed E-state index contributed by atoms with van der Waals surface area (Å²) in [6.45, 7) is 0.978. The van der Waals surface area contributed by atoms with Crippen LogP contribution in [-0.2, 0) is 13.6 Å². The number of halogens is 2. The van der Waals surface area contributed by atoms with E-state index >= 15 is 0 Å². The molecular weight excluding hydrogens is 300 g/mol. The van der Waals surface area contributed by atoms with Crippen molar-refractivity contribution >= 4 is 17.7 Å².